The van der Waals surface area contributed by atoms with E-state index in [9.17, 15) is 13.2 Å². The fraction of sp³-hybridized carbons (Fsp3) is 0.125. The molecule has 0 saturated heterocycles. The van der Waals surface area contributed by atoms with Gasteiger partial charge in [0, 0.05) is 12.4 Å². The van der Waals surface area contributed by atoms with Gasteiger partial charge in [0.2, 0.25) is 0 Å². The van der Waals surface area contributed by atoms with E-state index in [4.69, 9.17) is 0 Å². The van der Waals surface area contributed by atoms with Crippen LogP contribution < -0.4 is 0 Å². The van der Waals surface area contributed by atoms with Crippen molar-refractivity contribution in [3.63, 3.8) is 0 Å². The van der Waals surface area contributed by atoms with E-state index in [2.05, 4.69) is 5.10 Å². The van der Waals surface area contributed by atoms with Gasteiger partial charge >= 0.3 is 6.18 Å². The van der Waals surface area contributed by atoms with Crippen LogP contribution >= 0.6 is 0 Å². The standard InChI is InChI=1S/C8H5F3N2/c9-8(10,11)6-2-1-5-13-7(6)3-4-12-13/h1-5H. The Balaban J connectivity index is 2.75. The van der Waals surface area contributed by atoms with Gasteiger partial charge in [-0.05, 0) is 18.2 Å². The Morgan fingerprint density at radius 2 is 2.00 bits per heavy atom. The maximum Gasteiger partial charge on any atom is 0.418 e. The molecular weight excluding hydrogens is 181 g/mol. The molecular formula is C8H5F3N2. The molecule has 0 aliphatic heterocycles. The predicted octanol–water partition coefficient (Wildman–Crippen LogP) is 2.35. The van der Waals surface area contributed by atoms with Crippen molar-refractivity contribution in [2.45, 2.75) is 6.18 Å². The highest BCUT2D eigenvalue weighted by Crippen LogP contribution is 2.31. The lowest BCUT2D eigenvalue weighted by Crippen LogP contribution is -2.06. The van der Waals surface area contributed by atoms with Crippen molar-refractivity contribution in [3.05, 3.63) is 36.2 Å². The molecule has 13 heavy (non-hydrogen) atoms. The summed E-state index contributed by atoms with van der Waals surface area (Å²) in [6.45, 7) is 0. The van der Waals surface area contributed by atoms with E-state index in [0.29, 0.717) is 0 Å². The number of aromatic nitrogens is 2. The topological polar surface area (TPSA) is 17.3 Å². The molecule has 5 heteroatoms. The van der Waals surface area contributed by atoms with Crippen molar-refractivity contribution in [1.82, 2.24) is 9.61 Å². The largest absolute Gasteiger partial charge is 0.418 e. The minimum atomic E-state index is -4.32. The zero-order valence-corrected chi connectivity index (χ0v) is 6.42. The number of hydrogen-bond acceptors (Lipinski definition) is 1. The van der Waals surface area contributed by atoms with Gasteiger partial charge in [-0.25, -0.2) is 4.52 Å². The molecule has 0 amide bonds. The molecule has 2 rings (SSSR count). The van der Waals surface area contributed by atoms with Gasteiger partial charge in [0.25, 0.3) is 0 Å². The predicted molar refractivity (Wildman–Crippen MR) is 40.2 cm³/mol. The summed E-state index contributed by atoms with van der Waals surface area (Å²) in [5.74, 6) is 0. The minimum Gasteiger partial charge on any atom is -0.240 e. The number of nitrogens with zero attached hydrogens (tertiary/aromatic N) is 2. The van der Waals surface area contributed by atoms with Crippen molar-refractivity contribution in [2.75, 3.05) is 0 Å². The zero-order valence-electron chi connectivity index (χ0n) is 6.42. The Morgan fingerprint density at radius 1 is 1.23 bits per heavy atom. The molecule has 0 atom stereocenters. The summed E-state index contributed by atoms with van der Waals surface area (Å²) in [7, 11) is 0. The summed E-state index contributed by atoms with van der Waals surface area (Å²) in [5, 5.41) is 3.71. The van der Waals surface area contributed by atoms with Gasteiger partial charge in [-0.15, -0.1) is 0 Å². The molecule has 0 unspecified atom stereocenters. The van der Waals surface area contributed by atoms with Gasteiger partial charge in [-0.1, -0.05) is 0 Å². The molecule has 0 spiro atoms. The number of hydrogen-bond donors (Lipinski definition) is 0. The van der Waals surface area contributed by atoms with Crippen LogP contribution in [0.25, 0.3) is 5.52 Å². The van der Waals surface area contributed by atoms with Gasteiger partial charge in [-0.3, -0.25) is 0 Å². The van der Waals surface area contributed by atoms with Gasteiger partial charge < -0.3 is 0 Å². The lowest BCUT2D eigenvalue weighted by atomic mass is 10.2. The molecule has 0 radical (unpaired) electrons. The van der Waals surface area contributed by atoms with Gasteiger partial charge in [0.05, 0.1) is 11.1 Å². The van der Waals surface area contributed by atoms with Crippen LogP contribution in [0.5, 0.6) is 0 Å². The van der Waals surface area contributed by atoms with E-state index in [1.54, 1.807) is 0 Å². The molecule has 68 valence electrons. The Bertz CT molecular complexity index is 430. The minimum absolute atomic E-state index is 0.0787. The Morgan fingerprint density at radius 3 is 2.69 bits per heavy atom. The maximum atomic E-state index is 12.4. The first-order chi connectivity index (χ1) is 6.09. The summed E-state index contributed by atoms with van der Waals surface area (Å²) in [6, 6.07) is 3.70. The molecule has 0 bridgehead atoms. The quantitative estimate of drug-likeness (QED) is 0.617. The molecule has 2 aromatic rings. The molecule has 0 aliphatic rings. The molecule has 2 nitrogen and oxygen atoms in total. The van der Waals surface area contributed by atoms with Crippen LogP contribution in [-0.2, 0) is 6.18 Å². The van der Waals surface area contributed by atoms with E-state index in [0.717, 1.165) is 6.07 Å². The zero-order chi connectivity index (χ0) is 9.47. The highest BCUT2D eigenvalue weighted by molar-refractivity contribution is 5.54. The number of fused-ring (bicyclic) bond motifs is 1. The van der Waals surface area contributed by atoms with E-state index in [1.165, 1.54) is 29.0 Å². The fourth-order valence-corrected chi connectivity index (χ4v) is 1.19. The fourth-order valence-electron chi connectivity index (χ4n) is 1.19. The number of pyridine rings is 1. The summed E-state index contributed by atoms with van der Waals surface area (Å²) in [6.07, 6.45) is -1.50. The summed E-state index contributed by atoms with van der Waals surface area (Å²) in [4.78, 5) is 0. The Hall–Kier alpha value is -1.52. The van der Waals surface area contributed by atoms with Crippen LogP contribution in [0.1, 0.15) is 5.56 Å². The van der Waals surface area contributed by atoms with Crippen LogP contribution in [-0.4, -0.2) is 9.61 Å². The first-order valence-electron chi connectivity index (χ1n) is 3.58. The highest BCUT2D eigenvalue weighted by Gasteiger charge is 2.32. The molecule has 0 fully saturated rings. The van der Waals surface area contributed by atoms with Gasteiger partial charge in [-0.2, -0.15) is 18.3 Å². The number of alkyl halides is 3. The first-order valence-corrected chi connectivity index (χ1v) is 3.58. The SMILES string of the molecule is FC(F)(F)c1cccn2nccc12. The van der Waals surface area contributed by atoms with Crippen LogP contribution in [0.2, 0.25) is 0 Å². The third-order valence-electron chi connectivity index (χ3n) is 1.74. The van der Waals surface area contributed by atoms with E-state index in [1.807, 2.05) is 0 Å². The van der Waals surface area contributed by atoms with Crippen molar-refractivity contribution >= 4 is 5.52 Å². The molecule has 0 aromatic carbocycles. The molecule has 0 saturated carbocycles. The molecule has 2 aromatic heterocycles. The third-order valence-corrected chi connectivity index (χ3v) is 1.74. The Labute approximate surface area is 71.6 Å². The second-order valence-electron chi connectivity index (χ2n) is 2.58. The average Bonchev–Trinajstić information content (AvgIpc) is 2.48. The van der Waals surface area contributed by atoms with Crippen LogP contribution in [0.3, 0.4) is 0 Å². The number of rotatable bonds is 0. The highest BCUT2D eigenvalue weighted by atomic mass is 19.4. The van der Waals surface area contributed by atoms with E-state index < -0.39 is 11.7 Å². The Kier molecular flexibility index (Phi) is 1.55. The second-order valence-corrected chi connectivity index (χ2v) is 2.58. The third kappa shape index (κ3) is 1.26. The molecule has 0 aliphatic carbocycles. The lowest BCUT2D eigenvalue weighted by Gasteiger charge is -2.07. The number of halogens is 3. The van der Waals surface area contributed by atoms with Crippen molar-refractivity contribution in [2.24, 2.45) is 0 Å². The van der Waals surface area contributed by atoms with E-state index in [-0.39, 0.29) is 5.52 Å². The average molecular weight is 186 g/mol. The van der Waals surface area contributed by atoms with Crippen LogP contribution in [0, 0.1) is 0 Å². The van der Waals surface area contributed by atoms with E-state index >= 15 is 0 Å². The summed E-state index contributed by atoms with van der Waals surface area (Å²) in [5.41, 5.74) is -0.581. The van der Waals surface area contributed by atoms with Crippen molar-refractivity contribution in [3.8, 4) is 0 Å². The van der Waals surface area contributed by atoms with Crippen LogP contribution in [0.4, 0.5) is 13.2 Å². The summed E-state index contributed by atoms with van der Waals surface area (Å²) < 4.78 is 38.3. The maximum absolute atomic E-state index is 12.4. The molecule has 0 N–H and O–H groups in total. The normalized spacial score (nSPS) is 12.2. The monoisotopic (exact) mass is 186 g/mol. The smallest absolute Gasteiger partial charge is 0.240 e. The second kappa shape index (κ2) is 2.48. The van der Waals surface area contributed by atoms with Gasteiger partial charge in [0.1, 0.15) is 0 Å². The first kappa shape index (κ1) is 8.10. The van der Waals surface area contributed by atoms with Gasteiger partial charge in [0.15, 0.2) is 0 Å². The summed E-state index contributed by atoms with van der Waals surface area (Å²) >= 11 is 0. The van der Waals surface area contributed by atoms with Crippen molar-refractivity contribution in [1.29, 1.82) is 0 Å². The lowest BCUT2D eigenvalue weighted by molar-refractivity contribution is -0.136. The molecule has 2 heterocycles. The van der Waals surface area contributed by atoms with Crippen LogP contribution in [0.15, 0.2) is 30.6 Å². The van der Waals surface area contributed by atoms with Crippen molar-refractivity contribution < 1.29 is 13.2 Å².